The van der Waals surface area contributed by atoms with Gasteiger partial charge in [0.05, 0.1) is 11.0 Å². The molecule has 1 unspecified atom stereocenters. The number of anilines is 1. The highest BCUT2D eigenvalue weighted by molar-refractivity contribution is 9.10. The van der Waals surface area contributed by atoms with Crippen molar-refractivity contribution in [2.45, 2.75) is 12.8 Å². The Balaban J connectivity index is 3.16. The van der Waals surface area contributed by atoms with Crippen LogP contribution in [0.4, 0.5) is 5.69 Å². The van der Waals surface area contributed by atoms with Crippen molar-refractivity contribution in [1.29, 1.82) is 0 Å². The number of benzene rings is 1. The second kappa shape index (κ2) is 6.30. The van der Waals surface area contributed by atoms with Gasteiger partial charge in [0.1, 0.15) is 0 Å². The number of rotatable bonds is 5. The third kappa shape index (κ3) is 3.66. The third-order valence-corrected chi connectivity index (χ3v) is 2.97. The maximum Gasteiger partial charge on any atom is 0.327 e. The Morgan fingerprint density at radius 1 is 1.56 bits per heavy atom. The summed E-state index contributed by atoms with van der Waals surface area (Å²) >= 11 is 3.35. The summed E-state index contributed by atoms with van der Waals surface area (Å²) < 4.78 is 0.858. The highest BCUT2D eigenvalue weighted by Crippen LogP contribution is 2.31. The van der Waals surface area contributed by atoms with E-state index in [-0.39, 0.29) is 5.92 Å². The van der Waals surface area contributed by atoms with Crippen LogP contribution in [0.15, 0.2) is 40.1 Å². The lowest BCUT2D eigenvalue weighted by Gasteiger charge is -2.17. The Bertz CT molecular complexity index is 488. The first kappa shape index (κ1) is 14.4. The van der Waals surface area contributed by atoms with Gasteiger partial charge in [0.15, 0.2) is 0 Å². The molecule has 0 aliphatic rings. The third-order valence-electron chi connectivity index (χ3n) is 2.48. The van der Waals surface area contributed by atoms with E-state index in [1.54, 1.807) is 25.3 Å². The van der Waals surface area contributed by atoms with Crippen LogP contribution in [0, 0.1) is 4.91 Å². The summed E-state index contributed by atoms with van der Waals surface area (Å²) in [6.07, 6.45) is 2.65. The second-order valence-corrected chi connectivity index (χ2v) is 4.71. The van der Waals surface area contributed by atoms with Crippen molar-refractivity contribution in [1.82, 2.24) is 0 Å². The molecule has 0 radical (unpaired) electrons. The Hall–Kier alpha value is -1.69. The molecule has 1 rings (SSSR count). The molecule has 6 heteroatoms. The SMILES string of the molecule is CC(/C=C/C(=O)O)c1cc(Br)ccc1N(C)N=O. The number of carboxylic acids is 1. The Morgan fingerprint density at radius 3 is 2.78 bits per heavy atom. The average Bonchev–Trinajstić information content (AvgIpc) is 2.34. The van der Waals surface area contributed by atoms with Crippen LogP contribution in [0.5, 0.6) is 0 Å². The molecule has 0 heterocycles. The van der Waals surface area contributed by atoms with Crippen LogP contribution in [-0.4, -0.2) is 18.1 Å². The van der Waals surface area contributed by atoms with E-state index in [1.807, 2.05) is 13.0 Å². The van der Waals surface area contributed by atoms with Crippen molar-refractivity contribution in [2.24, 2.45) is 5.29 Å². The molecule has 1 aromatic carbocycles. The first-order valence-corrected chi connectivity index (χ1v) is 6.02. The lowest BCUT2D eigenvalue weighted by Crippen LogP contribution is -2.10. The molecule has 0 bridgehead atoms. The van der Waals surface area contributed by atoms with Gasteiger partial charge in [-0.25, -0.2) is 9.80 Å². The number of allylic oxidation sites excluding steroid dienone is 1. The zero-order valence-electron chi connectivity index (χ0n) is 10.0. The van der Waals surface area contributed by atoms with Gasteiger partial charge in [0.25, 0.3) is 0 Å². The second-order valence-electron chi connectivity index (χ2n) is 3.79. The highest BCUT2D eigenvalue weighted by Gasteiger charge is 2.13. The van der Waals surface area contributed by atoms with E-state index < -0.39 is 5.97 Å². The highest BCUT2D eigenvalue weighted by atomic mass is 79.9. The van der Waals surface area contributed by atoms with E-state index in [4.69, 9.17) is 5.11 Å². The predicted octanol–water partition coefficient (Wildman–Crippen LogP) is 3.31. The van der Waals surface area contributed by atoms with E-state index in [9.17, 15) is 9.70 Å². The fourth-order valence-electron chi connectivity index (χ4n) is 1.56. The van der Waals surface area contributed by atoms with Crippen LogP contribution in [0.2, 0.25) is 0 Å². The average molecular weight is 313 g/mol. The summed E-state index contributed by atoms with van der Waals surface area (Å²) in [5, 5.41) is 12.7. The zero-order valence-corrected chi connectivity index (χ0v) is 11.6. The van der Waals surface area contributed by atoms with Crippen LogP contribution in [0.1, 0.15) is 18.4 Å². The largest absolute Gasteiger partial charge is 0.478 e. The lowest BCUT2D eigenvalue weighted by atomic mass is 9.98. The van der Waals surface area contributed by atoms with Gasteiger partial charge in [-0.3, -0.25) is 0 Å². The fourth-order valence-corrected chi connectivity index (χ4v) is 1.94. The molecule has 0 aromatic heterocycles. The van der Waals surface area contributed by atoms with Crippen LogP contribution in [0.3, 0.4) is 0 Å². The number of halogens is 1. The Labute approximate surface area is 113 Å². The number of nitroso groups, excluding NO2 is 1. The Morgan fingerprint density at radius 2 is 2.22 bits per heavy atom. The molecule has 1 N–H and O–H groups in total. The molecule has 5 nitrogen and oxygen atoms in total. The quantitative estimate of drug-likeness (QED) is 0.514. The van der Waals surface area contributed by atoms with Gasteiger partial charge in [0, 0.05) is 23.5 Å². The van der Waals surface area contributed by atoms with Crippen LogP contribution in [0.25, 0.3) is 0 Å². The van der Waals surface area contributed by atoms with E-state index in [0.717, 1.165) is 16.1 Å². The van der Waals surface area contributed by atoms with Crippen molar-refractivity contribution in [3.8, 4) is 0 Å². The summed E-state index contributed by atoms with van der Waals surface area (Å²) in [4.78, 5) is 21.1. The standard InChI is InChI=1S/C12H13BrN2O3/c1-8(3-6-12(16)17)10-7-9(13)4-5-11(10)15(2)14-18/h3-8H,1-2H3,(H,16,17)/b6-3+. The number of nitrogens with zero attached hydrogens (tertiary/aromatic N) is 2. The van der Waals surface area contributed by atoms with Gasteiger partial charge >= 0.3 is 5.97 Å². The number of hydrogen-bond donors (Lipinski definition) is 1. The maximum atomic E-state index is 10.6. The van der Waals surface area contributed by atoms with Gasteiger partial charge < -0.3 is 5.11 Å². The Kier molecular flexibility index (Phi) is 5.03. The summed E-state index contributed by atoms with van der Waals surface area (Å²) in [5.74, 6) is -1.14. The van der Waals surface area contributed by atoms with Gasteiger partial charge in [0.2, 0.25) is 0 Å². The summed E-state index contributed by atoms with van der Waals surface area (Å²) in [6.45, 7) is 1.85. The molecular weight excluding hydrogens is 300 g/mol. The topological polar surface area (TPSA) is 70.0 Å². The number of carboxylic acid groups (broad SMARTS) is 1. The van der Waals surface area contributed by atoms with Crippen molar-refractivity contribution < 1.29 is 9.90 Å². The minimum Gasteiger partial charge on any atom is -0.478 e. The molecule has 18 heavy (non-hydrogen) atoms. The molecule has 1 atom stereocenters. The predicted molar refractivity (Wildman–Crippen MR) is 73.5 cm³/mol. The smallest absolute Gasteiger partial charge is 0.327 e. The van der Waals surface area contributed by atoms with Crippen molar-refractivity contribution in [2.75, 3.05) is 12.1 Å². The van der Waals surface area contributed by atoms with Crippen molar-refractivity contribution >= 4 is 27.6 Å². The fraction of sp³-hybridized carbons (Fsp3) is 0.250. The van der Waals surface area contributed by atoms with E-state index in [1.165, 1.54) is 5.01 Å². The van der Waals surface area contributed by atoms with Crippen LogP contribution >= 0.6 is 15.9 Å². The number of carbonyl (C=O) groups is 1. The molecule has 96 valence electrons. The van der Waals surface area contributed by atoms with E-state index in [0.29, 0.717) is 5.69 Å². The molecule has 1 aromatic rings. The summed E-state index contributed by atoms with van der Waals surface area (Å²) in [7, 11) is 1.55. The first-order chi connectivity index (χ1) is 8.45. The summed E-state index contributed by atoms with van der Waals surface area (Å²) in [5.41, 5.74) is 1.47. The normalized spacial score (nSPS) is 12.4. The molecule has 0 aliphatic carbocycles. The van der Waals surface area contributed by atoms with Gasteiger partial charge in [-0.1, -0.05) is 28.9 Å². The molecule has 0 amide bonds. The zero-order chi connectivity index (χ0) is 13.7. The molecule has 0 aliphatic heterocycles. The molecule has 0 saturated carbocycles. The maximum absolute atomic E-state index is 10.6. The van der Waals surface area contributed by atoms with Crippen molar-refractivity contribution in [3.05, 3.63) is 45.3 Å². The van der Waals surface area contributed by atoms with Gasteiger partial charge in [-0.15, -0.1) is 4.91 Å². The number of aliphatic carboxylic acids is 1. The summed E-state index contributed by atoms with van der Waals surface area (Å²) in [6, 6.07) is 5.40. The first-order valence-electron chi connectivity index (χ1n) is 5.23. The van der Waals surface area contributed by atoms with E-state index >= 15 is 0 Å². The van der Waals surface area contributed by atoms with Gasteiger partial charge in [-0.2, -0.15) is 0 Å². The number of hydrogen-bond acceptors (Lipinski definition) is 3. The monoisotopic (exact) mass is 312 g/mol. The van der Waals surface area contributed by atoms with Crippen molar-refractivity contribution in [3.63, 3.8) is 0 Å². The van der Waals surface area contributed by atoms with Crippen LogP contribution in [-0.2, 0) is 4.79 Å². The van der Waals surface area contributed by atoms with Crippen LogP contribution < -0.4 is 5.01 Å². The molecule has 0 saturated heterocycles. The molecular formula is C12H13BrN2O3. The lowest BCUT2D eigenvalue weighted by molar-refractivity contribution is -0.131. The minimum atomic E-state index is -1.000. The molecule has 0 fully saturated rings. The van der Waals surface area contributed by atoms with E-state index in [2.05, 4.69) is 21.2 Å². The molecule has 0 spiro atoms. The minimum absolute atomic E-state index is 0.141. The van der Waals surface area contributed by atoms with Gasteiger partial charge in [-0.05, 0) is 23.8 Å².